The monoisotopic (exact) mass is 328 g/mol. The standard InChI is InChI=1S/C12H17ClN6OS/c1-8(12-14-9(2)16-20-12)19-5-3-18(4-6-19)7-10-11(13)21-17-15-10/h8H,3-7H2,1-2H3. The smallest absolute Gasteiger partial charge is 0.243 e. The highest BCUT2D eigenvalue weighted by Crippen LogP contribution is 2.22. The molecule has 0 bridgehead atoms. The summed E-state index contributed by atoms with van der Waals surface area (Å²) in [6.45, 7) is 8.54. The van der Waals surface area contributed by atoms with Crippen LogP contribution in [0.4, 0.5) is 0 Å². The second kappa shape index (κ2) is 6.35. The van der Waals surface area contributed by atoms with Crippen molar-refractivity contribution in [1.82, 2.24) is 29.5 Å². The zero-order valence-corrected chi connectivity index (χ0v) is 13.6. The van der Waals surface area contributed by atoms with Crippen LogP contribution in [0, 0.1) is 6.92 Å². The largest absolute Gasteiger partial charge is 0.338 e. The Kier molecular flexibility index (Phi) is 4.48. The predicted octanol–water partition coefficient (Wildman–Crippen LogP) is 1.76. The van der Waals surface area contributed by atoms with Gasteiger partial charge in [0.15, 0.2) is 5.82 Å². The lowest BCUT2D eigenvalue weighted by Crippen LogP contribution is -2.46. The second-order valence-electron chi connectivity index (χ2n) is 5.16. The lowest BCUT2D eigenvalue weighted by atomic mass is 10.2. The molecule has 1 aliphatic rings. The van der Waals surface area contributed by atoms with Gasteiger partial charge in [0.05, 0.1) is 6.04 Å². The molecule has 0 aromatic carbocycles. The van der Waals surface area contributed by atoms with Crippen molar-refractivity contribution in [3.8, 4) is 0 Å². The Hall–Kier alpha value is -1.09. The van der Waals surface area contributed by atoms with Crippen LogP contribution >= 0.6 is 23.1 Å². The van der Waals surface area contributed by atoms with Gasteiger partial charge in [-0.3, -0.25) is 9.80 Å². The SMILES string of the molecule is Cc1noc(C(C)N2CCN(Cc3nnsc3Cl)CC2)n1. The first-order chi connectivity index (χ1) is 10.1. The molecule has 1 saturated heterocycles. The second-order valence-corrected chi connectivity index (χ2v) is 6.52. The van der Waals surface area contributed by atoms with E-state index in [1.54, 1.807) is 0 Å². The Morgan fingerprint density at radius 3 is 2.67 bits per heavy atom. The van der Waals surface area contributed by atoms with Crippen LogP contribution in [0.5, 0.6) is 0 Å². The molecule has 2 aromatic rings. The summed E-state index contributed by atoms with van der Waals surface area (Å²) >= 11 is 7.29. The molecule has 1 aliphatic heterocycles. The van der Waals surface area contributed by atoms with E-state index in [9.17, 15) is 0 Å². The summed E-state index contributed by atoms with van der Waals surface area (Å²) < 4.78 is 9.81. The van der Waals surface area contributed by atoms with Crippen molar-refractivity contribution in [2.24, 2.45) is 0 Å². The fourth-order valence-corrected chi connectivity index (χ4v) is 3.06. The summed E-state index contributed by atoms with van der Waals surface area (Å²) in [6, 6.07) is 0.151. The van der Waals surface area contributed by atoms with Gasteiger partial charge in [-0.1, -0.05) is 21.2 Å². The molecule has 2 aromatic heterocycles. The zero-order valence-electron chi connectivity index (χ0n) is 12.0. The maximum absolute atomic E-state index is 6.05. The highest BCUT2D eigenvalue weighted by atomic mass is 35.5. The number of piperazine rings is 1. The minimum absolute atomic E-state index is 0.151. The first kappa shape index (κ1) is 14.8. The molecular weight excluding hydrogens is 312 g/mol. The molecule has 0 aliphatic carbocycles. The Balaban J connectivity index is 1.54. The van der Waals surface area contributed by atoms with Crippen molar-refractivity contribution in [3.05, 3.63) is 21.7 Å². The third kappa shape index (κ3) is 3.39. The van der Waals surface area contributed by atoms with Gasteiger partial charge in [0.25, 0.3) is 0 Å². The Labute approximate surface area is 132 Å². The van der Waals surface area contributed by atoms with E-state index < -0.39 is 0 Å². The van der Waals surface area contributed by atoms with E-state index in [1.165, 1.54) is 11.5 Å². The fraction of sp³-hybridized carbons (Fsp3) is 0.667. The Morgan fingerprint density at radius 2 is 2.10 bits per heavy atom. The third-order valence-corrected chi connectivity index (χ3v) is 4.72. The highest BCUT2D eigenvalue weighted by Gasteiger charge is 2.26. The van der Waals surface area contributed by atoms with E-state index in [-0.39, 0.29) is 6.04 Å². The van der Waals surface area contributed by atoms with Crippen molar-refractivity contribution in [2.45, 2.75) is 26.4 Å². The van der Waals surface area contributed by atoms with E-state index in [4.69, 9.17) is 16.1 Å². The first-order valence-corrected chi connectivity index (χ1v) is 8.02. The maximum Gasteiger partial charge on any atom is 0.243 e. The number of halogens is 1. The van der Waals surface area contributed by atoms with Crippen LogP contribution in [0.1, 0.15) is 30.4 Å². The van der Waals surface area contributed by atoms with Crippen LogP contribution in [0.2, 0.25) is 4.34 Å². The van der Waals surface area contributed by atoms with Crippen molar-refractivity contribution in [1.29, 1.82) is 0 Å². The number of hydrogen-bond acceptors (Lipinski definition) is 8. The van der Waals surface area contributed by atoms with Crippen molar-refractivity contribution in [2.75, 3.05) is 26.2 Å². The number of nitrogens with zero attached hydrogens (tertiary/aromatic N) is 6. The van der Waals surface area contributed by atoms with E-state index in [0.717, 1.165) is 38.4 Å². The van der Waals surface area contributed by atoms with Crippen molar-refractivity contribution < 1.29 is 4.52 Å². The average molecular weight is 329 g/mol. The van der Waals surface area contributed by atoms with Gasteiger partial charge in [-0.05, 0) is 13.8 Å². The number of aryl methyl sites for hydroxylation is 1. The lowest BCUT2D eigenvalue weighted by molar-refractivity contribution is 0.0839. The van der Waals surface area contributed by atoms with Crippen molar-refractivity contribution in [3.63, 3.8) is 0 Å². The van der Waals surface area contributed by atoms with Crippen LogP contribution in [-0.4, -0.2) is 55.7 Å². The van der Waals surface area contributed by atoms with E-state index in [2.05, 4.69) is 36.5 Å². The van der Waals surface area contributed by atoms with Gasteiger partial charge in [0, 0.05) is 44.3 Å². The summed E-state index contributed by atoms with van der Waals surface area (Å²) in [5.41, 5.74) is 0.871. The minimum atomic E-state index is 0.151. The van der Waals surface area contributed by atoms with E-state index in [0.29, 0.717) is 16.1 Å². The molecule has 21 heavy (non-hydrogen) atoms. The van der Waals surface area contributed by atoms with Crippen LogP contribution < -0.4 is 0 Å². The molecule has 0 saturated carbocycles. The molecule has 0 amide bonds. The molecule has 0 N–H and O–H groups in total. The van der Waals surface area contributed by atoms with E-state index in [1.807, 2.05) is 6.92 Å². The number of rotatable bonds is 4. The van der Waals surface area contributed by atoms with Crippen LogP contribution in [-0.2, 0) is 6.54 Å². The molecule has 1 unspecified atom stereocenters. The van der Waals surface area contributed by atoms with Crippen LogP contribution in [0.15, 0.2) is 4.52 Å². The summed E-state index contributed by atoms with van der Waals surface area (Å²) in [5, 5.41) is 7.92. The van der Waals surface area contributed by atoms with E-state index >= 15 is 0 Å². The molecule has 9 heteroatoms. The van der Waals surface area contributed by atoms with Gasteiger partial charge in [0.1, 0.15) is 10.0 Å². The summed E-state index contributed by atoms with van der Waals surface area (Å²) in [4.78, 5) is 9.00. The summed E-state index contributed by atoms with van der Waals surface area (Å²) in [7, 11) is 0. The molecule has 1 atom stereocenters. The normalized spacial score (nSPS) is 19.0. The number of aromatic nitrogens is 4. The molecule has 0 radical (unpaired) electrons. The quantitative estimate of drug-likeness (QED) is 0.846. The van der Waals surface area contributed by atoms with Crippen molar-refractivity contribution >= 4 is 23.1 Å². The fourth-order valence-electron chi connectivity index (χ4n) is 2.45. The lowest BCUT2D eigenvalue weighted by Gasteiger charge is -2.36. The molecule has 7 nitrogen and oxygen atoms in total. The van der Waals surface area contributed by atoms with Gasteiger partial charge in [0.2, 0.25) is 5.89 Å². The average Bonchev–Trinajstić information content (AvgIpc) is 3.08. The zero-order chi connectivity index (χ0) is 14.8. The van der Waals surface area contributed by atoms with Gasteiger partial charge in [-0.15, -0.1) is 5.10 Å². The molecule has 3 rings (SSSR count). The highest BCUT2D eigenvalue weighted by molar-refractivity contribution is 7.10. The van der Waals surface area contributed by atoms with Crippen LogP contribution in [0.3, 0.4) is 0 Å². The molecular formula is C12H17ClN6OS. The Morgan fingerprint density at radius 1 is 1.33 bits per heavy atom. The number of hydrogen-bond donors (Lipinski definition) is 0. The van der Waals surface area contributed by atoms with Crippen LogP contribution in [0.25, 0.3) is 0 Å². The summed E-state index contributed by atoms with van der Waals surface area (Å²) in [5.74, 6) is 1.37. The minimum Gasteiger partial charge on any atom is -0.338 e. The summed E-state index contributed by atoms with van der Waals surface area (Å²) in [6.07, 6.45) is 0. The van der Waals surface area contributed by atoms with Gasteiger partial charge in [-0.25, -0.2) is 0 Å². The molecule has 0 spiro atoms. The topological polar surface area (TPSA) is 71.2 Å². The maximum atomic E-state index is 6.05. The van der Waals surface area contributed by atoms with Gasteiger partial charge >= 0.3 is 0 Å². The first-order valence-electron chi connectivity index (χ1n) is 6.87. The molecule has 114 valence electrons. The van der Waals surface area contributed by atoms with Gasteiger partial charge in [-0.2, -0.15) is 4.98 Å². The Bertz CT molecular complexity index is 594. The van der Waals surface area contributed by atoms with Gasteiger partial charge < -0.3 is 4.52 Å². The third-order valence-electron chi connectivity index (χ3n) is 3.74. The predicted molar refractivity (Wildman–Crippen MR) is 79.2 cm³/mol. The molecule has 1 fully saturated rings. The molecule has 3 heterocycles.